The molecule has 0 saturated carbocycles. The zero-order valence-electron chi connectivity index (χ0n) is 21.1. The molecule has 1 aromatic heterocycles. The highest BCUT2D eigenvalue weighted by Gasteiger charge is 2.56. The summed E-state index contributed by atoms with van der Waals surface area (Å²) >= 11 is 0. The van der Waals surface area contributed by atoms with E-state index < -0.39 is 28.5 Å². The number of methoxy groups -OCH3 is 1. The average Bonchev–Trinajstić information content (AvgIpc) is 3.50. The predicted molar refractivity (Wildman–Crippen MR) is 133 cm³/mol. The van der Waals surface area contributed by atoms with Crippen LogP contribution in [0.2, 0.25) is 0 Å². The fraction of sp³-hybridized carbons (Fsp3) is 0.231. The van der Waals surface area contributed by atoms with Crippen LogP contribution in [0.4, 0.5) is 5.69 Å². The number of ketones is 3. The number of carbonyl (C=O) groups is 3. The summed E-state index contributed by atoms with van der Waals surface area (Å²) in [5.74, 6) is -2.00. The van der Waals surface area contributed by atoms with Crippen LogP contribution in [-0.4, -0.2) is 55.3 Å². The number of phenols is 2. The molecule has 0 bridgehead atoms. The number of aromatic amines is 1. The van der Waals surface area contributed by atoms with Crippen LogP contribution in [0.5, 0.6) is 23.0 Å². The van der Waals surface area contributed by atoms with Gasteiger partial charge in [-0.25, -0.2) is 0 Å². The summed E-state index contributed by atoms with van der Waals surface area (Å²) in [6.07, 6.45) is 1.16. The molecule has 1 aliphatic carbocycles. The lowest BCUT2D eigenvalue weighted by Crippen LogP contribution is -2.40. The minimum atomic E-state index is -1.61. The molecule has 1 aliphatic heterocycles. The number of aromatic hydroxyl groups is 2. The number of H-pyrrole nitrogens is 1. The molecule has 1 unspecified atom stereocenters. The number of benzene rings is 2. The molecular formula is C26H23N5O7. The molecule has 0 saturated heterocycles. The van der Waals surface area contributed by atoms with E-state index in [0.29, 0.717) is 17.0 Å². The molecule has 3 aromatic rings. The maximum atomic E-state index is 14.0. The number of ether oxygens (including phenoxy) is 2. The molecule has 12 nitrogen and oxygen atoms in total. The molecule has 0 amide bonds. The largest absolute Gasteiger partial charge is 0.507 e. The fourth-order valence-electron chi connectivity index (χ4n) is 4.88. The number of Topliss-reactive ketones (excluding diaryl/α,β-unsaturated/α-hetero) is 2. The summed E-state index contributed by atoms with van der Waals surface area (Å²) in [6.45, 7) is 5.74. The van der Waals surface area contributed by atoms with Crippen LogP contribution < -0.4 is 14.8 Å². The quantitative estimate of drug-likeness (QED) is 0.222. The van der Waals surface area contributed by atoms with Gasteiger partial charge in [0, 0.05) is 23.0 Å². The topological polar surface area (TPSA) is 177 Å². The van der Waals surface area contributed by atoms with Crippen molar-refractivity contribution in [1.82, 2.24) is 20.6 Å². The third-order valence-electron chi connectivity index (χ3n) is 6.88. The first-order valence-electron chi connectivity index (χ1n) is 11.5. The molecule has 2 aromatic carbocycles. The van der Waals surface area contributed by atoms with E-state index in [9.17, 15) is 24.6 Å². The van der Waals surface area contributed by atoms with E-state index in [4.69, 9.17) is 9.47 Å². The Balaban J connectivity index is 1.62. The van der Waals surface area contributed by atoms with Crippen molar-refractivity contribution in [3.8, 4) is 34.4 Å². The lowest BCUT2D eigenvalue weighted by Gasteiger charge is -2.29. The maximum absolute atomic E-state index is 14.0. The lowest BCUT2D eigenvalue weighted by atomic mass is 9.70. The molecule has 1 atom stereocenters. The van der Waals surface area contributed by atoms with Crippen molar-refractivity contribution >= 4 is 23.0 Å². The summed E-state index contributed by atoms with van der Waals surface area (Å²) in [4.78, 5) is 39.5. The predicted octanol–water partition coefficient (Wildman–Crippen LogP) is 2.87. The highest BCUT2D eigenvalue weighted by atomic mass is 16.5. The molecule has 0 fully saturated rings. The van der Waals surface area contributed by atoms with Crippen molar-refractivity contribution in [1.29, 1.82) is 0 Å². The average molecular weight is 517 g/mol. The first-order valence-corrected chi connectivity index (χ1v) is 11.5. The van der Waals surface area contributed by atoms with Crippen molar-refractivity contribution in [2.45, 2.75) is 33.1 Å². The number of carbonyl (C=O) groups excluding carboxylic acids is 3. The standard InChI is InChI=1S/C26H23N5O7/c1-10-21(34)19(12(3)32)23-20(22(10)35)26(4)17(38-23)9-15(33)18(24(26)36)11(2)27-13-6-7-16(37-5)14(8-13)25-28-30-31-29-25/h6-9,27,34-35H,1-5H3,(H,28,29,30,31). The van der Waals surface area contributed by atoms with E-state index >= 15 is 0 Å². The molecular weight excluding hydrogens is 494 g/mol. The first-order chi connectivity index (χ1) is 18.0. The van der Waals surface area contributed by atoms with E-state index in [1.165, 1.54) is 27.9 Å². The Morgan fingerprint density at radius 2 is 1.92 bits per heavy atom. The minimum Gasteiger partial charge on any atom is -0.507 e. The summed E-state index contributed by atoms with van der Waals surface area (Å²) in [6, 6.07) is 5.05. The summed E-state index contributed by atoms with van der Waals surface area (Å²) in [5, 5.41) is 38.4. The van der Waals surface area contributed by atoms with Gasteiger partial charge in [-0.2, -0.15) is 5.21 Å². The minimum absolute atomic E-state index is 0.0240. The van der Waals surface area contributed by atoms with E-state index in [1.807, 2.05) is 0 Å². The van der Waals surface area contributed by atoms with E-state index in [1.54, 1.807) is 25.1 Å². The van der Waals surface area contributed by atoms with E-state index in [-0.39, 0.29) is 51.0 Å². The summed E-state index contributed by atoms with van der Waals surface area (Å²) in [7, 11) is 1.50. The monoisotopic (exact) mass is 517 g/mol. The van der Waals surface area contributed by atoms with Crippen LogP contribution in [-0.2, 0) is 15.0 Å². The smallest absolute Gasteiger partial charge is 0.208 e. The van der Waals surface area contributed by atoms with Gasteiger partial charge in [0.05, 0.1) is 23.8 Å². The van der Waals surface area contributed by atoms with Crippen molar-refractivity contribution in [3.63, 3.8) is 0 Å². The van der Waals surface area contributed by atoms with Gasteiger partial charge in [0.25, 0.3) is 0 Å². The van der Waals surface area contributed by atoms with Gasteiger partial charge in [0.2, 0.25) is 5.82 Å². The highest BCUT2D eigenvalue weighted by molar-refractivity contribution is 6.31. The molecule has 0 spiro atoms. The van der Waals surface area contributed by atoms with Crippen LogP contribution in [0.15, 0.2) is 41.3 Å². The number of hydrogen-bond acceptors (Lipinski definition) is 11. The Hall–Kier alpha value is -5.00. The van der Waals surface area contributed by atoms with Crippen molar-refractivity contribution in [3.05, 3.63) is 58.0 Å². The number of anilines is 1. The fourth-order valence-corrected chi connectivity index (χ4v) is 4.88. The SMILES string of the molecule is COc1ccc(NC(C)=C2C(=O)C=C3Oc4c(C(C)=O)c(O)c(C)c(O)c4C3(C)C2=O)cc1-c1nn[nH]n1. The lowest BCUT2D eigenvalue weighted by molar-refractivity contribution is -0.123. The second-order valence-electron chi connectivity index (χ2n) is 9.16. The van der Waals surface area contributed by atoms with Crippen LogP contribution in [0.3, 0.4) is 0 Å². The molecule has 2 heterocycles. The third kappa shape index (κ3) is 3.37. The Labute approximate surface area is 216 Å². The van der Waals surface area contributed by atoms with Gasteiger partial charge in [0.15, 0.2) is 17.3 Å². The van der Waals surface area contributed by atoms with Crippen LogP contribution in [0.1, 0.15) is 42.3 Å². The number of fused-ring (bicyclic) bond motifs is 3. The highest BCUT2D eigenvalue weighted by Crippen LogP contribution is 2.57. The van der Waals surface area contributed by atoms with Gasteiger partial charge < -0.3 is 25.0 Å². The van der Waals surface area contributed by atoms with Gasteiger partial charge in [0.1, 0.15) is 39.7 Å². The van der Waals surface area contributed by atoms with Gasteiger partial charge >= 0.3 is 0 Å². The van der Waals surface area contributed by atoms with Crippen molar-refractivity contribution in [2.24, 2.45) is 0 Å². The number of aromatic nitrogens is 4. The van der Waals surface area contributed by atoms with Crippen LogP contribution in [0, 0.1) is 6.92 Å². The Morgan fingerprint density at radius 1 is 1.18 bits per heavy atom. The number of rotatable bonds is 5. The van der Waals surface area contributed by atoms with E-state index in [2.05, 4.69) is 25.9 Å². The summed E-state index contributed by atoms with van der Waals surface area (Å²) in [5.41, 5.74) is -0.594. The first kappa shape index (κ1) is 24.7. The maximum Gasteiger partial charge on any atom is 0.208 e. The Morgan fingerprint density at radius 3 is 2.55 bits per heavy atom. The normalized spacial score (nSPS) is 19.3. The molecule has 0 radical (unpaired) electrons. The third-order valence-corrected chi connectivity index (χ3v) is 6.88. The zero-order valence-corrected chi connectivity index (χ0v) is 21.1. The molecule has 5 rings (SSSR count). The zero-order chi connectivity index (χ0) is 27.5. The van der Waals surface area contributed by atoms with Gasteiger partial charge in [-0.1, -0.05) is 0 Å². The second-order valence-corrected chi connectivity index (χ2v) is 9.16. The Kier molecular flexibility index (Phi) is 5.55. The van der Waals surface area contributed by atoms with Gasteiger partial charge in [-0.3, -0.25) is 14.4 Å². The summed E-state index contributed by atoms with van der Waals surface area (Å²) < 4.78 is 11.2. The molecule has 12 heteroatoms. The second kappa shape index (κ2) is 8.54. The number of allylic oxidation sites excluding steroid dienone is 4. The van der Waals surface area contributed by atoms with Crippen molar-refractivity contribution < 1.29 is 34.1 Å². The van der Waals surface area contributed by atoms with Crippen molar-refractivity contribution in [2.75, 3.05) is 12.4 Å². The molecule has 2 aliphatic rings. The van der Waals surface area contributed by atoms with Crippen LogP contribution >= 0.6 is 0 Å². The molecule has 4 N–H and O–H groups in total. The number of nitrogens with one attached hydrogen (secondary N) is 2. The van der Waals surface area contributed by atoms with E-state index in [0.717, 1.165) is 6.08 Å². The van der Waals surface area contributed by atoms with Crippen LogP contribution in [0.25, 0.3) is 11.4 Å². The number of nitrogens with zero attached hydrogens (tertiary/aromatic N) is 3. The van der Waals surface area contributed by atoms with Gasteiger partial charge in [-0.15, -0.1) is 10.2 Å². The van der Waals surface area contributed by atoms with Gasteiger partial charge in [-0.05, 0) is 51.1 Å². The molecule has 38 heavy (non-hydrogen) atoms. The number of tetrazole rings is 1. The molecule has 194 valence electrons. The Bertz CT molecular complexity index is 1620. The number of phenolic OH excluding ortho intramolecular Hbond substituents is 2. The number of hydrogen-bond donors (Lipinski definition) is 4.